The topological polar surface area (TPSA) is 63.4 Å². The summed E-state index contributed by atoms with van der Waals surface area (Å²) in [7, 11) is -3.46. The number of benzene rings is 1. The molecule has 1 aromatic carbocycles. The van der Waals surface area contributed by atoms with Gasteiger partial charge in [0.2, 0.25) is 10.0 Å². The number of aryl methyl sites for hydroxylation is 1. The maximum absolute atomic E-state index is 12.9. The molecule has 0 bridgehead atoms. The number of nitrogens with zero attached hydrogens (tertiary/aromatic N) is 1. The number of hydrogen-bond acceptors (Lipinski definition) is 3. The van der Waals surface area contributed by atoms with Gasteiger partial charge in [0.1, 0.15) is 0 Å². The summed E-state index contributed by atoms with van der Waals surface area (Å²) >= 11 is 0. The first-order valence-corrected chi connectivity index (χ1v) is 8.53. The van der Waals surface area contributed by atoms with Gasteiger partial charge in [0, 0.05) is 18.8 Å². The second-order valence-corrected chi connectivity index (χ2v) is 8.07. The van der Waals surface area contributed by atoms with E-state index in [1.807, 2.05) is 6.92 Å². The van der Waals surface area contributed by atoms with E-state index < -0.39 is 10.0 Å². The van der Waals surface area contributed by atoms with Crippen LogP contribution in [0.4, 0.5) is 5.69 Å². The zero-order valence-corrected chi connectivity index (χ0v) is 13.5. The number of nitrogen functional groups attached to an aromatic ring is 1. The zero-order valence-electron chi connectivity index (χ0n) is 12.7. The van der Waals surface area contributed by atoms with Crippen molar-refractivity contribution in [2.24, 2.45) is 11.8 Å². The first-order valence-electron chi connectivity index (χ1n) is 7.09. The number of anilines is 1. The van der Waals surface area contributed by atoms with Crippen molar-refractivity contribution in [1.82, 2.24) is 4.31 Å². The van der Waals surface area contributed by atoms with Gasteiger partial charge in [0.05, 0.1) is 4.90 Å². The van der Waals surface area contributed by atoms with Crippen LogP contribution in [0, 0.1) is 25.7 Å². The minimum absolute atomic E-state index is 0.388. The van der Waals surface area contributed by atoms with Gasteiger partial charge < -0.3 is 5.73 Å². The summed E-state index contributed by atoms with van der Waals surface area (Å²) in [5.41, 5.74) is 7.85. The summed E-state index contributed by atoms with van der Waals surface area (Å²) in [5.74, 6) is 0.797. The fourth-order valence-electron chi connectivity index (χ4n) is 3.17. The van der Waals surface area contributed by atoms with Gasteiger partial charge in [-0.25, -0.2) is 8.42 Å². The van der Waals surface area contributed by atoms with E-state index in [2.05, 4.69) is 13.8 Å². The van der Waals surface area contributed by atoms with Crippen LogP contribution in [0.5, 0.6) is 0 Å². The minimum Gasteiger partial charge on any atom is -0.398 e. The lowest BCUT2D eigenvalue weighted by Crippen LogP contribution is -2.42. The third kappa shape index (κ3) is 2.69. The van der Waals surface area contributed by atoms with E-state index >= 15 is 0 Å². The van der Waals surface area contributed by atoms with Crippen molar-refractivity contribution in [3.8, 4) is 0 Å². The van der Waals surface area contributed by atoms with Gasteiger partial charge in [-0.2, -0.15) is 4.31 Å². The van der Waals surface area contributed by atoms with Gasteiger partial charge in [-0.3, -0.25) is 0 Å². The average molecular weight is 296 g/mol. The largest absolute Gasteiger partial charge is 0.398 e. The molecule has 112 valence electrons. The quantitative estimate of drug-likeness (QED) is 0.853. The summed E-state index contributed by atoms with van der Waals surface area (Å²) in [6, 6.07) is 3.55. The molecule has 1 heterocycles. The Hall–Kier alpha value is -1.07. The number of piperidine rings is 1. The highest BCUT2D eigenvalue weighted by Crippen LogP contribution is 2.31. The monoisotopic (exact) mass is 296 g/mol. The minimum atomic E-state index is -3.46. The SMILES string of the molecule is Cc1ccc(N)c(C)c1S(=O)(=O)N1CC(C)CC(C)C1. The van der Waals surface area contributed by atoms with Crippen LogP contribution < -0.4 is 5.73 Å². The molecule has 2 N–H and O–H groups in total. The van der Waals surface area contributed by atoms with Gasteiger partial charge in [0.25, 0.3) is 0 Å². The van der Waals surface area contributed by atoms with Crippen LogP contribution in [0.1, 0.15) is 31.4 Å². The van der Waals surface area contributed by atoms with E-state index in [0.717, 1.165) is 12.0 Å². The molecule has 1 fully saturated rings. The van der Waals surface area contributed by atoms with E-state index in [1.54, 1.807) is 23.4 Å². The molecule has 1 aromatic rings. The molecule has 2 unspecified atom stereocenters. The van der Waals surface area contributed by atoms with E-state index in [9.17, 15) is 8.42 Å². The van der Waals surface area contributed by atoms with E-state index in [4.69, 9.17) is 5.73 Å². The Labute approximate surface area is 122 Å². The molecule has 2 rings (SSSR count). The van der Waals surface area contributed by atoms with Crippen LogP contribution in [-0.2, 0) is 10.0 Å². The third-order valence-electron chi connectivity index (χ3n) is 4.08. The highest BCUT2D eigenvalue weighted by molar-refractivity contribution is 7.89. The highest BCUT2D eigenvalue weighted by Gasteiger charge is 2.33. The van der Waals surface area contributed by atoms with Crippen molar-refractivity contribution in [2.45, 2.75) is 39.0 Å². The average Bonchev–Trinajstić information content (AvgIpc) is 2.33. The Morgan fingerprint density at radius 1 is 1.15 bits per heavy atom. The molecule has 0 aromatic heterocycles. The Morgan fingerprint density at radius 3 is 2.25 bits per heavy atom. The molecule has 4 nitrogen and oxygen atoms in total. The normalized spacial score (nSPS) is 24.8. The standard InChI is InChI=1S/C15H24N2O2S/c1-10-7-11(2)9-17(8-10)20(18,19)15-12(3)5-6-14(16)13(15)4/h5-6,10-11H,7-9,16H2,1-4H3. The van der Waals surface area contributed by atoms with Crippen LogP contribution >= 0.6 is 0 Å². The summed E-state index contributed by atoms with van der Waals surface area (Å²) in [4.78, 5) is 0.388. The fourth-order valence-corrected chi connectivity index (χ4v) is 5.31. The first-order chi connectivity index (χ1) is 9.23. The lowest BCUT2D eigenvalue weighted by molar-refractivity contribution is 0.222. The molecule has 5 heteroatoms. The summed E-state index contributed by atoms with van der Waals surface area (Å²) < 4.78 is 27.5. The van der Waals surface area contributed by atoms with Crippen LogP contribution in [-0.4, -0.2) is 25.8 Å². The van der Waals surface area contributed by atoms with Crippen LogP contribution in [0.2, 0.25) is 0 Å². The second kappa shape index (κ2) is 5.37. The molecule has 20 heavy (non-hydrogen) atoms. The number of rotatable bonds is 2. The molecule has 0 amide bonds. The smallest absolute Gasteiger partial charge is 0.243 e. The van der Waals surface area contributed by atoms with Crippen molar-refractivity contribution >= 4 is 15.7 Å². The molecule has 2 atom stereocenters. The molecule has 0 saturated carbocycles. The number of hydrogen-bond donors (Lipinski definition) is 1. The van der Waals surface area contributed by atoms with Gasteiger partial charge >= 0.3 is 0 Å². The predicted molar refractivity (Wildman–Crippen MR) is 82.0 cm³/mol. The molecule has 0 spiro atoms. The summed E-state index contributed by atoms with van der Waals surface area (Å²) in [5, 5.41) is 0. The lowest BCUT2D eigenvalue weighted by Gasteiger charge is -2.34. The van der Waals surface area contributed by atoms with Crippen molar-refractivity contribution in [1.29, 1.82) is 0 Å². The molecule has 1 aliphatic heterocycles. The summed E-state index contributed by atoms with van der Waals surface area (Å²) in [6.07, 6.45) is 1.08. The van der Waals surface area contributed by atoms with Gasteiger partial charge in [0.15, 0.2) is 0 Å². The molecule has 0 aliphatic carbocycles. The zero-order chi connectivity index (χ0) is 15.1. The molecular weight excluding hydrogens is 272 g/mol. The van der Waals surface area contributed by atoms with Crippen molar-refractivity contribution < 1.29 is 8.42 Å². The highest BCUT2D eigenvalue weighted by atomic mass is 32.2. The third-order valence-corrected chi connectivity index (χ3v) is 6.20. The maximum atomic E-state index is 12.9. The Kier molecular flexibility index (Phi) is 4.12. The fraction of sp³-hybridized carbons (Fsp3) is 0.600. The van der Waals surface area contributed by atoms with E-state index in [0.29, 0.717) is 41.1 Å². The predicted octanol–water partition coefficient (Wildman–Crippen LogP) is 2.55. The first kappa shape index (κ1) is 15.3. The van der Waals surface area contributed by atoms with Gasteiger partial charge in [-0.05, 0) is 49.3 Å². The van der Waals surface area contributed by atoms with Crippen LogP contribution in [0.15, 0.2) is 17.0 Å². The van der Waals surface area contributed by atoms with Crippen LogP contribution in [0.25, 0.3) is 0 Å². The Balaban J connectivity index is 2.48. The number of sulfonamides is 1. The summed E-state index contributed by atoms with van der Waals surface area (Å²) in [6.45, 7) is 9.03. The second-order valence-electron chi connectivity index (χ2n) is 6.19. The van der Waals surface area contributed by atoms with Crippen molar-refractivity contribution in [3.05, 3.63) is 23.3 Å². The Bertz CT molecular complexity index is 601. The lowest BCUT2D eigenvalue weighted by atomic mass is 9.94. The van der Waals surface area contributed by atoms with E-state index in [1.165, 1.54) is 0 Å². The maximum Gasteiger partial charge on any atom is 0.243 e. The number of nitrogens with two attached hydrogens (primary N) is 1. The molecular formula is C15H24N2O2S. The Morgan fingerprint density at radius 2 is 1.70 bits per heavy atom. The van der Waals surface area contributed by atoms with E-state index in [-0.39, 0.29) is 0 Å². The van der Waals surface area contributed by atoms with Crippen LogP contribution in [0.3, 0.4) is 0 Å². The molecule has 1 aliphatic rings. The van der Waals surface area contributed by atoms with Gasteiger partial charge in [-0.1, -0.05) is 19.9 Å². The van der Waals surface area contributed by atoms with Crippen molar-refractivity contribution in [3.63, 3.8) is 0 Å². The van der Waals surface area contributed by atoms with Crippen molar-refractivity contribution in [2.75, 3.05) is 18.8 Å². The van der Waals surface area contributed by atoms with Gasteiger partial charge in [-0.15, -0.1) is 0 Å². The molecule has 0 radical (unpaired) electrons. The molecule has 1 saturated heterocycles.